The van der Waals surface area contributed by atoms with Crippen molar-refractivity contribution < 1.29 is 28.0 Å². The molecular formula is C20H19F2N3O4S. The molecule has 1 fully saturated rings. The van der Waals surface area contributed by atoms with Crippen LogP contribution in [0.4, 0.5) is 13.6 Å². The predicted molar refractivity (Wildman–Crippen MR) is 105 cm³/mol. The van der Waals surface area contributed by atoms with E-state index < -0.39 is 41.4 Å². The van der Waals surface area contributed by atoms with Gasteiger partial charge in [0.1, 0.15) is 5.54 Å². The van der Waals surface area contributed by atoms with Gasteiger partial charge in [-0.05, 0) is 43.2 Å². The molecule has 158 valence electrons. The molecular weight excluding hydrogens is 416 g/mol. The largest absolute Gasteiger partial charge is 0.356 e. The number of hydrogen-bond acceptors (Lipinski definition) is 5. The number of halogens is 2. The van der Waals surface area contributed by atoms with E-state index in [1.54, 1.807) is 12.1 Å². The number of imide groups is 1. The van der Waals surface area contributed by atoms with E-state index in [1.807, 2.05) is 0 Å². The summed E-state index contributed by atoms with van der Waals surface area (Å²) in [5, 5.41) is 5.11. The highest BCUT2D eigenvalue weighted by Gasteiger charge is 2.49. The maximum absolute atomic E-state index is 13.6. The quantitative estimate of drug-likeness (QED) is 0.516. The molecule has 2 N–H and O–H groups in total. The van der Waals surface area contributed by atoms with Crippen LogP contribution >= 0.6 is 11.3 Å². The number of carbonyl (C=O) groups excluding carboxylic acids is 4. The Kier molecular flexibility index (Phi) is 5.97. The molecule has 1 aliphatic rings. The number of thiophene rings is 1. The van der Waals surface area contributed by atoms with Crippen LogP contribution in [-0.2, 0) is 21.5 Å². The van der Waals surface area contributed by atoms with Crippen molar-refractivity contribution in [3.05, 3.63) is 57.3 Å². The minimum absolute atomic E-state index is 0.0751. The summed E-state index contributed by atoms with van der Waals surface area (Å²) in [5.74, 6) is -3.52. The topological polar surface area (TPSA) is 95.6 Å². The molecule has 1 aliphatic heterocycles. The number of Topliss-reactive ketones (excluding diaryl/α,β-unsaturated/α-hetero) is 1. The fourth-order valence-electron chi connectivity index (χ4n) is 3.09. The molecule has 2 heterocycles. The Hall–Kier alpha value is -3.14. The molecule has 0 unspecified atom stereocenters. The SMILES string of the molecule is CC(=O)NCCc1ccc(C(=O)CN2C(=O)N[C@](C)(c3ccc(F)c(F)c3)C2=O)s1. The van der Waals surface area contributed by atoms with Gasteiger partial charge >= 0.3 is 6.03 Å². The molecule has 0 bridgehead atoms. The Morgan fingerprint density at radius 2 is 1.90 bits per heavy atom. The molecule has 3 rings (SSSR count). The van der Waals surface area contributed by atoms with Crippen LogP contribution in [0.5, 0.6) is 0 Å². The van der Waals surface area contributed by atoms with Crippen molar-refractivity contribution in [3.63, 3.8) is 0 Å². The standard InChI is InChI=1S/C20H19F2N3O4S/c1-11(26)23-8-7-13-4-6-17(30-13)16(27)10-25-18(28)20(2,24-19(25)29)12-3-5-14(21)15(22)9-12/h3-6,9H,7-8,10H2,1-2H3,(H,23,26)(H,24,29)/t20-/m1/s1. The maximum Gasteiger partial charge on any atom is 0.325 e. The Balaban J connectivity index is 1.71. The van der Waals surface area contributed by atoms with Gasteiger partial charge in [0.15, 0.2) is 17.4 Å². The zero-order valence-electron chi connectivity index (χ0n) is 16.3. The third-order valence-electron chi connectivity index (χ3n) is 4.76. The molecule has 1 atom stereocenters. The number of hydrogen-bond donors (Lipinski definition) is 2. The fraction of sp³-hybridized carbons (Fsp3) is 0.300. The lowest BCUT2D eigenvalue weighted by molar-refractivity contribution is -0.130. The third-order valence-corrected chi connectivity index (χ3v) is 5.94. The van der Waals surface area contributed by atoms with Crippen LogP contribution in [-0.4, -0.2) is 41.6 Å². The highest BCUT2D eigenvalue weighted by atomic mass is 32.1. The van der Waals surface area contributed by atoms with Crippen LogP contribution < -0.4 is 10.6 Å². The molecule has 7 nitrogen and oxygen atoms in total. The van der Waals surface area contributed by atoms with Gasteiger partial charge in [-0.1, -0.05) is 6.07 Å². The lowest BCUT2D eigenvalue weighted by Gasteiger charge is -2.22. The lowest BCUT2D eigenvalue weighted by atomic mass is 9.92. The second-order valence-electron chi connectivity index (χ2n) is 7.00. The highest BCUT2D eigenvalue weighted by Crippen LogP contribution is 2.30. The number of carbonyl (C=O) groups is 4. The number of ketones is 1. The van der Waals surface area contributed by atoms with E-state index in [2.05, 4.69) is 10.6 Å². The molecule has 2 aromatic rings. The van der Waals surface area contributed by atoms with Crippen molar-refractivity contribution in [1.82, 2.24) is 15.5 Å². The number of amides is 4. The van der Waals surface area contributed by atoms with Gasteiger partial charge in [-0.2, -0.15) is 0 Å². The van der Waals surface area contributed by atoms with Gasteiger partial charge in [0, 0.05) is 18.3 Å². The van der Waals surface area contributed by atoms with Gasteiger partial charge < -0.3 is 10.6 Å². The molecule has 4 amide bonds. The Morgan fingerprint density at radius 3 is 2.57 bits per heavy atom. The van der Waals surface area contributed by atoms with Crippen molar-refractivity contribution in [2.45, 2.75) is 25.8 Å². The molecule has 30 heavy (non-hydrogen) atoms. The molecule has 1 saturated heterocycles. The van der Waals surface area contributed by atoms with Gasteiger partial charge in [0.05, 0.1) is 11.4 Å². The van der Waals surface area contributed by atoms with Crippen molar-refractivity contribution >= 4 is 35.0 Å². The summed E-state index contributed by atoms with van der Waals surface area (Å²) in [4.78, 5) is 50.7. The molecule has 1 aromatic heterocycles. The summed E-state index contributed by atoms with van der Waals surface area (Å²) in [7, 11) is 0. The highest BCUT2D eigenvalue weighted by molar-refractivity contribution is 7.14. The Labute approximate surface area is 175 Å². The first-order chi connectivity index (χ1) is 14.1. The summed E-state index contributed by atoms with van der Waals surface area (Å²) in [6, 6.07) is 5.49. The summed E-state index contributed by atoms with van der Waals surface area (Å²) >= 11 is 1.22. The molecule has 10 heteroatoms. The summed E-state index contributed by atoms with van der Waals surface area (Å²) in [5.41, 5.74) is -1.53. The number of nitrogens with one attached hydrogen (secondary N) is 2. The first-order valence-corrected chi connectivity index (χ1v) is 9.89. The van der Waals surface area contributed by atoms with E-state index in [1.165, 1.54) is 31.3 Å². The van der Waals surface area contributed by atoms with Gasteiger partial charge in [-0.3, -0.25) is 19.3 Å². The average Bonchev–Trinajstić information content (AvgIpc) is 3.23. The Bertz CT molecular complexity index is 1040. The lowest BCUT2D eigenvalue weighted by Crippen LogP contribution is -2.41. The van der Waals surface area contributed by atoms with Crippen LogP contribution in [0.15, 0.2) is 30.3 Å². The minimum Gasteiger partial charge on any atom is -0.356 e. The second kappa shape index (κ2) is 8.31. The smallest absolute Gasteiger partial charge is 0.325 e. The summed E-state index contributed by atoms with van der Waals surface area (Å²) in [6.07, 6.45) is 0.550. The Morgan fingerprint density at radius 1 is 1.17 bits per heavy atom. The number of rotatable bonds is 7. The van der Waals surface area contributed by atoms with Crippen LogP contribution in [0.1, 0.15) is 34.0 Å². The van der Waals surface area contributed by atoms with E-state index in [0.717, 1.165) is 21.9 Å². The number of nitrogens with zero attached hydrogens (tertiary/aromatic N) is 1. The molecule has 0 radical (unpaired) electrons. The van der Waals surface area contributed by atoms with Gasteiger partial charge in [-0.25, -0.2) is 13.6 Å². The number of urea groups is 1. The molecule has 0 spiro atoms. The molecule has 0 aliphatic carbocycles. The van der Waals surface area contributed by atoms with Crippen LogP contribution in [0.2, 0.25) is 0 Å². The fourth-order valence-corrected chi connectivity index (χ4v) is 4.03. The van der Waals surface area contributed by atoms with E-state index in [9.17, 15) is 28.0 Å². The van der Waals surface area contributed by atoms with E-state index in [4.69, 9.17) is 0 Å². The van der Waals surface area contributed by atoms with E-state index in [-0.39, 0.29) is 11.5 Å². The molecule has 1 aromatic carbocycles. The van der Waals surface area contributed by atoms with Crippen molar-refractivity contribution in [3.8, 4) is 0 Å². The first kappa shape index (κ1) is 21.6. The predicted octanol–water partition coefficient (Wildman–Crippen LogP) is 2.35. The summed E-state index contributed by atoms with van der Waals surface area (Å²) in [6.45, 7) is 2.74. The zero-order valence-corrected chi connectivity index (χ0v) is 17.1. The normalized spacial score (nSPS) is 18.5. The van der Waals surface area contributed by atoms with Crippen molar-refractivity contribution in [2.24, 2.45) is 0 Å². The van der Waals surface area contributed by atoms with Gasteiger partial charge in [-0.15, -0.1) is 11.3 Å². The third kappa shape index (κ3) is 4.23. The first-order valence-electron chi connectivity index (χ1n) is 9.08. The van der Waals surface area contributed by atoms with E-state index in [0.29, 0.717) is 17.8 Å². The van der Waals surface area contributed by atoms with Crippen molar-refractivity contribution in [1.29, 1.82) is 0 Å². The monoisotopic (exact) mass is 435 g/mol. The van der Waals surface area contributed by atoms with Gasteiger partial charge in [0.25, 0.3) is 5.91 Å². The number of benzene rings is 1. The van der Waals surface area contributed by atoms with Crippen LogP contribution in [0.3, 0.4) is 0 Å². The maximum atomic E-state index is 13.6. The second-order valence-corrected chi connectivity index (χ2v) is 8.17. The van der Waals surface area contributed by atoms with Crippen molar-refractivity contribution in [2.75, 3.05) is 13.1 Å². The average molecular weight is 435 g/mol. The zero-order chi connectivity index (χ0) is 22.1. The van der Waals surface area contributed by atoms with Crippen LogP contribution in [0.25, 0.3) is 0 Å². The van der Waals surface area contributed by atoms with Gasteiger partial charge in [0.2, 0.25) is 5.91 Å². The summed E-state index contributed by atoms with van der Waals surface area (Å²) < 4.78 is 26.8. The minimum atomic E-state index is -1.61. The van der Waals surface area contributed by atoms with E-state index >= 15 is 0 Å². The van der Waals surface area contributed by atoms with Crippen LogP contribution in [0, 0.1) is 11.6 Å². The molecule has 0 saturated carbocycles.